The Morgan fingerprint density at radius 1 is 1.05 bits per heavy atom. The molecule has 6 nitrogen and oxygen atoms in total. The predicted molar refractivity (Wildman–Crippen MR) is 154 cm³/mol. The molecule has 8 heteroatoms. The van der Waals surface area contributed by atoms with Crippen LogP contribution in [0.2, 0.25) is 0 Å². The van der Waals surface area contributed by atoms with E-state index in [0.717, 1.165) is 78.4 Å². The van der Waals surface area contributed by atoms with Crippen LogP contribution in [0, 0.1) is 5.82 Å². The van der Waals surface area contributed by atoms with Crippen molar-refractivity contribution in [3.05, 3.63) is 78.2 Å². The van der Waals surface area contributed by atoms with Crippen LogP contribution in [0.25, 0.3) is 28.0 Å². The molecule has 1 N–H and O–H groups in total. The molecule has 0 bridgehead atoms. The number of hydrogen-bond donors (Lipinski definition) is 1. The van der Waals surface area contributed by atoms with Crippen molar-refractivity contribution in [2.45, 2.75) is 19.3 Å². The predicted octanol–water partition coefficient (Wildman–Crippen LogP) is 5.28. The minimum atomic E-state index is -0.648. The van der Waals surface area contributed by atoms with Crippen molar-refractivity contribution >= 4 is 27.5 Å². The lowest BCUT2D eigenvalue weighted by Gasteiger charge is -2.25. The zero-order valence-electron chi connectivity index (χ0n) is 21.9. The van der Waals surface area contributed by atoms with Gasteiger partial charge in [-0.15, -0.1) is 0 Å². The van der Waals surface area contributed by atoms with Crippen LogP contribution < -0.4 is 5.32 Å². The number of hydrogen-bond acceptors (Lipinski definition) is 5. The van der Waals surface area contributed by atoms with Gasteiger partial charge in [0.2, 0.25) is 0 Å². The van der Waals surface area contributed by atoms with Crippen LogP contribution in [-0.4, -0.2) is 70.1 Å². The number of fused-ring (bicyclic) bond motifs is 1. The Morgan fingerprint density at radius 3 is 2.63 bits per heavy atom. The minimum absolute atomic E-state index is 0.289. The molecule has 0 amide bonds. The molecule has 1 aliphatic heterocycles. The van der Waals surface area contributed by atoms with Gasteiger partial charge in [0, 0.05) is 78.5 Å². The van der Waals surface area contributed by atoms with E-state index in [1.165, 1.54) is 5.56 Å². The molecule has 0 spiro atoms. The summed E-state index contributed by atoms with van der Waals surface area (Å²) in [6.07, 6.45) is 4.98. The summed E-state index contributed by atoms with van der Waals surface area (Å²) in [5, 5.41) is 4.26. The third-order valence-corrected chi connectivity index (χ3v) is 8.34. The van der Waals surface area contributed by atoms with Crippen LogP contribution >= 0.6 is 0 Å². The van der Waals surface area contributed by atoms with E-state index in [4.69, 9.17) is 9.72 Å². The maximum Gasteiger partial charge on any atom is 0.146 e. The summed E-state index contributed by atoms with van der Waals surface area (Å²) in [4.78, 5) is 7.44. The summed E-state index contributed by atoms with van der Waals surface area (Å²) in [6.45, 7) is 4.13. The first-order valence-electron chi connectivity index (χ1n) is 13.3. The highest BCUT2D eigenvalue weighted by Gasteiger charge is 2.17. The summed E-state index contributed by atoms with van der Waals surface area (Å²) in [5.41, 5.74) is 5.15. The molecule has 1 fully saturated rings. The quantitative estimate of drug-likeness (QED) is 0.266. The molecule has 0 atom stereocenters. The highest BCUT2D eigenvalue weighted by atomic mass is 32.2. The summed E-state index contributed by atoms with van der Waals surface area (Å²) < 4.78 is 33.7. The second-order valence-electron chi connectivity index (χ2n) is 9.69. The first-order chi connectivity index (χ1) is 18.6. The number of rotatable bonds is 11. The van der Waals surface area contributed by atoms with E-state index in [2.05, 4.69) is 39.2 Å². The molecule has 2 aromatic heterocycles. The second-order valence-corrected chi connectivity index (χ2v) is 11.4. The third-order valence-electron chi connectivity index (χ3n) is 7.06. The van der Waals surface area contributed by atoms with Gasteiger partial charge in [-0.3, -0.25) is 4.21 Å². The lowest BCUT2D eigenvalue weighted by atomic mass is 10.1. The molecule has 200 valence electrons. The Hall–Kier alpha value is -3.07. The van der Waals surface area contributed by atoms with Gasteiger partial charge in [-0.2, -0.15) is 0 Å². The molecule has 1 saturated heterocycles. The fourth-order valence-corrected chi connectivity index (χ4v) is 6.09. The monoisotopic (exact) mass is 534 g/mol. The Kier molecular flexibility index (Phi) is 8.83. The van der Waals surface area contributed by atoms with Crippen LogP contribution in [-0.2, 0) is 22.0 Å². The molecule has 5 rings (SSSR count). The number of ether oxygens (including phenoxy) is 1. The van der Waals surface area contributed by atoms with E-state index in [1.807, 2.05) is 30.3 Å². The summed E-state index contributed by atoms with van der Waals surface area (Å²) in [6, 6.07) is 19.6. The number of nitrogens with zero attached hydrogens (tertiary/aromatic N) is 3. The molecule has 38 heavy (non-hydrogen) atoms. The number of nitrogens with one attached hydrogen (secondary N) is 1. The first kappa shape index (κ1) is 26.5. The normalized spacial score (nSPS) is 14.8. The van der Waals surface area contributed by atoms with Crippen molar-refractivity contribution in [3.8, 4) is 16.9 Å². The Balaban J connectivity index is 1.39. The zero-order valence-corrected chi connectivity index (χ0v) is 22.7. The van der Waals surface area contributed by atoms with Gasteiger partial charge in [-0.25, -0.2) is 9.37 Å². The van der Waals surface area contributed by atoms with Crippen LogP contribution in [0.3, 0.4) is 0 Å². The van der Waals surface area contributed by atoms with Crippen LogP contribution in [0.15, 0.2) is 66.9 Å². The fraction of sp³-hybridized carbons (Fsp3) is 0.367. The molecule has 1 aliphatic rings. The number of aryl methyl sites for hydroxylation is 1. The number of methoxy groups -OCH3 is 1. The lowest BCUT2D eigenvalue weighted by molar-refractivity contribution is 0.197. The standard InChI is InChI=1S/C30H35FN4O2S/c1-37-18-6-14-32-29-12-10-23(21-27(29)31)28-13-11-26-24(7-5-15-34-16-19-38(36)20-17-34)22-35(30(26)33-28)25-8-3-2-4-9-25/h2-4,8-13,21-22,32H,5-7,14-20H2,1H3. The maximum absolute atomic E-state index is 14.9. The van der Waals surface area contributed by atoms with E-state index in [1.54, 1.807) is 19.2 Å². The van der Waals surface area contributed by atoms with Gasteiger partial charge in [-0.05, 0) is 67.8 Å². The van der Waals surface area contributed by atoms with Crippen molar-refractivity contribution in [1.29, 1.82) is 0 Å². The third kappa shape index (κ3) is 6.31. The molecule has 2 aromatic carbocycles. The smallest absolute Gasteiger partial charge is 0.146 e. The van der Waals surface area contributed by atoms with E-state index in [-0.39, 0.29) is 5.82 Å². The van der Waals surface area contributed by atoms with Crippen molar-refractivity contribution in [2.24, 2.45) is 0 Å². The first-order valence-corrected chi connectivity index (χ1v) is 14.8. The topological polar surface area (TPSA) is 59.4 Å². The highest BCUT2D eigenvalue weighted by molar-refractivity contribution is 7.85. The van der Waals surface area contributed by atoms with Gasteiger partial charge < -0.3 is 19.5 Å². The van der Waals surface area contributed by atoms with Crippen LogP contribution in [0.4, 0.5) is 10.1 Å². The van der Waals surface area contributed by atoms with E-state index in [9.17, 15) is 8.60 Å². The lowest BCUT2D eigenvalue weighted by Crippen LogP contribution is -2.38. The number of pyridine rings is 1. The van der Waals surface area contributed by atoms with Gasteiger partial charge in [-0.1, -0.05) is 24.3 Å². The molecule has 3 heterocycles. The largest absolute Gasteiger partial charge is 0.385 e. The van der Waals surface area contributed by atoms with Crippen LogP contribution in [0.1, 0.15) is 18.4 Å². The number of para-hydroxylation sites is 1. The number of benzene rings is 2. The summed E-state index contributed by atoms with van der Waals surface area (Å²) >= 11 is 0. The SMILES string of the molecule is COCCCNc1ccc(-c2ccc3c(CCCN4CCS(=O)CC4)cn(-c4ccccc4)c3n2)cc1F. The minimum Gasteiger partial charge on any atom is -0.385 e. The molecule has 0 saturated carbocycles. The maximum atomic E-state index is 14.9. The number of halogens is 1. The molecular weight excluding hydrogens is 499 g/mol. The molecule has 4 aromatic rings. The van der Waals surface area contributed by atoms with Gasteiger partial charge >= 0.3 is 0 Å². The molecule has 0 aliphatic carbocycles. The Morgan fingerprint density at radius 2 is 1.87 bits per heavy atom. The number of anilines is 1. The average Bonchev–Trinajstić information content (AvgIpc) is 3.31. The van der Waals surface area contributed by atoms with Crippen molar-refractivity contribution in [3.63, 3.8) is 0 Å². The fourth-order valence-electron chi connectivity index (χ4n) is 4.96. The molecular formula is C30H35FN4O2S. The van der Waals surface area contributed by atoms with Gasteiger partial charge in [0.25, 0.3) is 0 Å². The van der Waals surface area contributed by atoms with Gasteiger partial charge in [0.1, 0.15) is 11.5 Å². The average molecular weight is 535 g/mol. The number of aromatic nitrogens is 2. The van der Waals surface area contributed by atoms with Crippen molar-refractivity contribution in [2.75, 3.05) is 56.7 Å². The zero-order chi connectivity index (χ0) is 26.3. The van der Waals surface area contributed by atoms with Crippen molar-refractivity contribution in [1.82, 2.24) is 14.5 Å². The molecule has 0 unspecified atom stereocenters. The highest BCUT2D eigenvalue weighted by Crippen LogP contribution is 2.29. The summed E-state index contributed by atoms with van der Waals surface area (Å²) in [5.74, 6) is 1.28. The second kappa shape index (κ2) is 12.7. The Labute approximate surface area is 226 Å². The molecule has 0 radical (unpaired) electrons. The Bertz CT molecular complexity index is 1380. The van der Waals surface area contributed by atoms with E-state index in [0.29, 0.717) is 18.8 Å². The van der Waals surface area contributed by atoms with Crippen LogP contribution in [0.5, 0.6) is 0 Å². The van der Waals surface area contributed by atoms with Crippen molar-refractivity contribution < 1.29 is 13.3 Å². The van der Waals surface area contributed by atoms with E-state index < -0.39 is 10.8 Å². The van der Waals surface area contributed by atoms with Gasteiger partial charge in [0.15, 0.2) is 0 Å². The van der Waals surface area contributed by atoms with Gasteiger partial charge in [0.05, 0.1) is 11.4 Å². The van der Waals surface area contributed by atoms with E-state index >= 15 is 0 Å². The summed E-state index contributed by atoms with van der Waals surface area (Å²) in [7, 11) is 1.02.